The highest BCUT2D eigenvalue weighted by atomic mass is 35.5. The Morgan fingerprint density at radius 2 is 2.18 bits per heavy atom. The molecule has 2 rings (SSSR count). The minimum Gasteiger partial charge on any atom is -0.493 e. The molecule has 1 saturated heterocycles. The van der Waals surface area contributed by atoms with E-state index in [1.54, 1.807) is 0 Å². The van der Waals surface area contributed by atoms with Crippen LogP contribution in [0, 0.1) is 5.82 Å². The number of rotatable bonds is 3. The van der Waals surface area contributed by atoms with Gasteiger partial charge in [0.1, 0.15) is 0 Å². The first kappa shape index (κ1) is 12.5. The van der Waals surface area contributed by atoms with Crippen molar-refractivity contribution >= 4 is 11.6 Å². The largest absolute Gasteiger partial charge is 0.493 e. The third-order valence-electron chi connectivity index (χ3n) is 3.01. The molecule has 0 bridgehead atoms. The summed E-state index contributed by atoms with van der Waals surface area (Å²) in [5.74, 6) is 0.458. The maximum Gasteiger partial charge on any atom is 0.168 e. The van der Waals surface area contributed by atoms with E-state index in [2.05, 4.69) is 5.32 Å². The molecule has 1 aromatic carbocycles. The fourth-order valence-electron chi connectivity index (χ4n) is 2.21. The molecule has 0 aliphatic carbocycles. The second kappa shape index (κ2) is 5.10. The molecule has 3 nitrogen and oxygen atoms in total. The van der Waals surface area contributed by atoms with E-state index in [0.717, 1.165) is 19.4 Å². The molecule has 1 fully saturated rings. The molecule has 1 aliphatic rings. The molecule has 0 aromatic heterocycles. The van der Waals surface area contributed by atoms with E-state index >= 15 is 0 Å². The van der Waals surface area contributed by atoms with Crippen LogP contribution in [0.2, 0.25) is 5.02 Å². The predicted octanol–water partition coefficient (Wildman–Crippen LogP) is 2.92. The van der Waals surface area contributed by atoms with Crippen molar-refractivity contribution in [2.45, 2.75) is 18.9 Å². The Balaban J connectivity index is 2.56. The fraction of sp³-hybridized carbons (Fsp3) is 0.500. The lowest BCUT2D eigenvalue weighted by Crippen LogP contribution is -2.16. The second-order valence-corrected chi connectivity index (χ2v) is 4.38. The summed E-state index contributed by atoms with van der Waals surface area (Å²) in [6, 6.07) is 1.38. The number of hydrogen-bond acceptors (Lipinski definition) is 3. The molecule has 1 N–H and O–H groups in total. The Hall–Kier alpha value is -1.00. The Labute approximate surface area is 105 Å². The molecular formula is C12H15ClFNO2. The molecule has 1 aliphatic heterocycles. The molecular weight excluding hydrogens is 245 g/mol. The van der Waals surface area contributed by atoms with E-state index in [0.29, 0.717) is 17.1 Å². The molecule has 0 amide bonds. The van der Waals surface area contributed by atoms with Gasteiger partial charge in [0, 0.05) is 12.1 Å². The molecule has 1 heterocycles. The minimum atomic E-state index is -0.427. The summed E-state index contributed by atoms with van der Waals surface area (Å²) in [5.41, 5.74) is 0.467. The van der Waals surface area contributed by atoms with Crippen LogP contribution in [0.5, 0.6) is 11.5 Å². The first-order chi connectivity index (χ1) is 8.19. The Morgan fingerprint density at radius 1 is 1.41 bits per heavy atom. The summed E-state index contributed by atoms with van der Waals surface area (Å²) in [6.45, 7) is 0.877. The lowest BCUT2D eigenvalue weighted by molar-refractivity contribution is 0.343. The van der Waals surface area contributed by atoms with Crippen molar-refractivity contribution < 1.29 is 13.9 Å². The van der Waals surface area contributed by atoms with Gasteiger partial charge in [-0.15, -0.1) is 0 Å². The smallest absolute Gasteiger partial charge is 0.168 e. The Morgan fingerprint density at radius 3 is 2.71 bits per heavy atom. The predicted molar refractivity (Wildman–Crippen MR) is 64.5 cm³/mol. The summed E-state index contributed by atoms with van der Waals surface area (Å²) in [5, 5.41) is 3.29. The van der Waals surface area contributed by atoms with Gasteiger partial charge in [-0.2, -0.15) is 0 Å². The first-order valence-corrected chi connectivity index (χ1v) is 5.90. The molecule has 94 valence electrons. The normalized spacial score (nSPS) is 19.4. The van der Waals surface area contributed by atoms with Gasteiger partial charge in [-0.05, 0) is 19.4 Å². The number of methoxy groups -OCH3 is 2. The summed E-state index contributed by atoms with van der Waals surface area (Å²) >= 11 is 5.87. The number of benzene rings is 1. The van der Waals surface area contributed by atoms with Crippen molar-refractivity contribution in [3.63, 3.8) is 0 Å². The van der Waals surface area contributed by atoms with Crippen molar-refractivity contribution in [1.82, 2.24) is 5.32 Å². The van der Waals surface area contributed by atoms with E-state index in [1.807, 2.05) is 0 Å². The van der Waals surface area contributed by atoms with E-state index in [1.165, 1.54) is 20.3 Å². The fourth-order valence-corrected chi connectivity index (χ4v) is 2.41. The van der Waals surface area contributed by atoms with Crippen LogP contribution in [0.3, 0.4) is 0 Å². The van der Waals surface area contributed by atoms with Crippen molar-refractivity contribution in [3.05, 3.63) is 22.5 Å². The van der Waals surface area contributed by atoms with Gasteiger partial charge in [-0.3, -0.25) is 0 Å². The quantitative estimate of drug-likeness (QED) is 0.905. The average molecular weight is 260 g/mol. The topological polar surface area (TPSA) is 30.5 Å². The highest BCUT2D eigenvalue weighted by molar-refractivity contribution is 6.31. The lowest BCUT2D eigenvalue weighted by atomic mass is 10.0. The average Bonchev–Trinajstić information content (AvgIpc) is 2.85. The van der Waals surface area contributed by atoms with E-state index in [9.17, 15) is 4.39 Å². The van der Waals surface area contributed by atoms with Gasteiger partial charge in [0.15, 0.2) is 17.3 Å². The molecule has 5 heteroatoms. The zero-order valence-electron chi connectivity index (χ0n) is 9.85. The van der Waals surface area contributed by atoms with Gasteiger partial charge < -0.3 is 14.8 Å². The summed E-state index contributed by atoms with van der Waals surface area (Å²) < 4.78 is 24.5. The monoisotopic (exact) mass is 259 g/mol. The highest BCUT2D eigenvalue weighted by Crippen LogP contribution is 2.42. The van der Waals surface area contributed by atoms with Gasteiger partial charge in [0.2, 0.25) is 0 Å². The molecule has 0 spiro atoms. The first-order valence-electron chi connectivity index (χ1n) is 5.52. The van der Waals surface area contributed by atoms with Crippen LogP contribution in [-0.2, 0) is 0 Å². The maximum absolute atomic E-state index is 14.1. The van der Waals surface area contributed by atoms with Crippen LogP contribution in [0.15, 0.2) is 6.07 Å². The van der Waals surface area contributed by atoms with Gasteiger partial charge in [0.05, 0.1) is 24.8 Å². The zero-order chi connectivity index (χ0) is 12.4. The van der Waals surface area contributed by atoms with Crippen LogP contribution < -0.4 is 14.8 Å². The van der Waals surface area contributed by atoms with Gasteiger partial charge in [-0.25, -0.2) is 4.39 Å². The summed E-state index contributed by atoms with van der Waals surface area (Å²) in [7, 11) is 3.02. The molecule has 17 heavy (non-hydrogen) atoms. The number of halogens is 2. The Kier molecular flexibility index (Phi) is 3.74. The number of hydrogen-bond donors (Lipinski definition) is 1. The molecule has 0 radical (unpaired) electrons. The summed E-state index contributed by atoms with van der Waals surface area (Å²) in [6.07, 6.45) is 1.89. The minimum absolute atomic E-state index is 0.0578. The zero-order valence-corrected chi connectivity index (χ0v) is 10.6. The van der Waals surface area contributed by atoms with E-state index in [-0.39, 0.29) is 11.1 Å². The lowest BCUT2D eigenvalue weighted by Gasteiger charge is -2.19. The Bertz CT molecular complexity index is 419. The van der Waals surface area contributed by atoms with Gasteiger partial charge in [-0.1, -0.05) is 11.6 Å². The standard InChI is InChI=1S/C12H15ClFNO2/c1-16-9-6-7(13)11(14)10(12(9)17-2)8-4-3-5-15-8/h6,8,15H,3-5H2,1-2H3. The number of nitrogens with one attached hydrogen (secondary N) is 1. The molecule has 1 unspecified atom stereocenters. The van der Waals surface area contributed by atoms with Crippen LogP contribution >= 0.6 is 11.6 Å². The van der Waals surface area contributed by atoms with Crippen LogP contribution in [0.1, 0.15) is 24.4 Å². The maximum atomic E-state index is 14.1. The van der Waals surface area contributed by atoms with Crippen molar-refractivity contribution in [3.8, 4) is 11.5 Å². The highest BCUT2D eigenvalue weighted by Gasteiger charge is 2.27. The second-order valence-electron chi connectivity index (χ2n) is 3.97. The van der Waals surface area contributed by atoms with Crippen molar-refractivity contribution in [1.29, 1.82) is 0 Å². The van der Waals surface area contributed by atoms with Crippen molar-refractivity contribution in [2.24, 2.45) is 0 Å². The van der Waals surface area contributed by atoms with Crippen LogP contribution in [0.25, 0.3) is 0 Å². The third-order valence-corrected chi connectivity index (χ3v) is 3.28. The summed E-state index contributed by atoms with van der Waals surface area (Å²) in [4.78, 5) is 0. The number of ether oxygens (including phenoxy) is 2. The molecule has 0 saturated carbocycles. The van der Waals surface area contributed by atoms with Crippen LogP contribution in [0.4, 0.5) is 4.39 Å². The molecule has 1 atom stereocenters. The van der Waals surface area contributed by atoms with Gasteiger partial charge >= 0.3 is 0 Å². The van der Waals surface area contributed by atoms with Crippen molar-refractivity contribution in [2.75, 3.05) is 20.8 Å². The molecule has 1 aromatic rings. The van der Waals surface area contributed by atoms with Crippen LogP contribution in [-0.4, -0.2) is 20.8 Å². The third kappa shape index (κ3) is 2.19. The van der Waals surface area contributed by atoms with E-state index in [4.69, 9.17) is 21.1 Å². The van der Waals surface area contributed by atoms with E-state index < -0.39 is 5.82 Å². The van der Waals surface area contributed by atoms with Gasteiger partial charge in [0.25, 0.3) is 0 Å². The SMILES string of the molecule is COc1cc(Cl)c(F)c(C2CCCN2)c1OC.